The molecule has 1 aliphatic rings. The van der Waals surface area contributed by atoms with Crippen LogP contribution in [-0.2, 0) is 17.8 Å². The van der Waals surface area contributed by atoms with Crippen LogP contribution in [0.5, 0.6) is 23.0 Å². The van der Waals surface area contributed by atoms with Gasteiger partial charge in [0.1, 0.15) is 13.2 Å². The lowest BCUT2D eigenvalue weighted by Crippen LogP contribution is -2.23. The Balaban J connectivity index is 1.49. The van der Waals surface area contributed by atoms with Crippen LogP contribution in [0, 0.1) is 0 Å². The maximum Gasteiger partial charge on any atom is 0.422 e. The number of amides is 1. The molecule has 162 valence electrons. The van der Waals surface area contributed by atoms with Gasteiger partial charge in [0.15, 0.2) is 29.6 Å². The Morgan fingerprint density at radius 1 is 1.03 bits per heavy atom. The van der Waals surface area contributed by atoms with Gasteiger partial charge >= 0.3 is 6.18 Å². The van der Waals surface area contributed by atoms with Crippen LogP contribution in [-0.4, -0.2) is 39.0 Å². The Morgan fingerprint density at radius 3 is 2.50 bits per heavy atom. The minimum Gasteiger partial charge on any atom is -0.493 e. The molecular weight excluding hydrogens is 403 g/mol. The number of hydrogen-bond donors (Lipinski definition) is 1. The van der Waals surface area contributed by atoms with Crippen LogP contribution < -0.4 is 24.3 Å². The van der Waals surface area contributed by atoms with Crippen LogP contribution >= 0.6 is 0 Å². The molecule has 0 atom stereocenters. The van der Waals surface area contributed by atoms with Crippen molar-refractivity contribution in [2.24, 2.45) is 0 Å². The zero-order valence-electron chi connectivity index (χ0n) is 16.4. The molecule has 0 aromatic heterocycles. The molecule has 0 radical (unpaired) electrons. The van der Waals surface area contributed by atoms with Crippen LogP contribution in [0.1, 0.15) is 17.5 Å². The third-order valence-electron chi connectivity index (χ3n) is 4.36. The Hall–Kier alpha value is -3.10. The second kappa shape index (κ2) is 9.60. The van der Waals surface area contributed by atoms with E-state index in [1.165, 1.54) is 13.2 Å². The summed E-state index contributed by atoms with van der Waals surface area (Å²) >= 11 is 0. The summed E-state index contributed by atoms with van der Waals surface area (Å²) in [6, 6.07) is 10.1. The van der Waals surface area contributed by atoms with Gasteiger partial charge < -0.3 is 24.3 Å². The molecule has 3 rings (SSSR count). The first-order valence-corrected chi connectivity index (χ1v) is 9.36. The molecular formula is C21H22F3NO5. The minimum absolute atomic E-state index is 0.00151. The van der Waals surface area contributed by atoms with Crippen LogP contribution in [0.3, 0.4) is 0 Å². The fourth-order valence-electron chi connectivity index (χ4n) is 2.89. The summed E-state index contributed by atoms with van der Waals surface area (Å²) in [7, 11) is 1.35. The third kappa shape index (κ3) is 6.20. The summed E-state index contributed by atoms with van der Waals surface area (Å²) in [4.78, 5) is 12.2. The SMILES string of the molecule is COc1cc(CCC(=O)NCc2ccc3c(c2)OCCO3)ccc1OCC(F)(F)F. The number of hydrogen-bond acceptors (Lipinski definition) is 5. The fourth-order valence-corrected chi connectivity index (χ4v) is 2.89. The molecule has 2 aromatic rings. The van der Waals surface area contributed by atoms with Gasteiger partial charge in [-0.25, -0.2) is 0 Å². The molecule has 30 heavy (non-hydrogen) atoms. The van der Waals surface area contributed by atoms with Gasteiger partial charge in [-0.15, -0.1) is 0 Å². The molecule has 1 amide bonds. The van der Waals surface area contributed by atoms with Crippen molar-refractivity contribution in [3.63, 3.8) is 0 Å². The molecule has 6 nitrogen and oxygen atoms in total. The highest BCUT2D eigenvalue weighted by molar-refractivity contribution is 5.76. The first-order valence-electron chi connectivity index (χ1n) is 9.36. The monoisotopic (exact) mass is 425 g/mol. The maximum atomic E-state index is 12.3. The van der Waals surface area contributed by atoms with E-state index >= 15 is 0 Å². The van der Waals surface area contributed by atoms with Crippen LogP contribution in [0.15, 0.2) is 36.4 Å². The summed E-state index contributed by atoms with van der Waals surface area (Å²) in [5, 5.41) is 2.84. The normalized spacial score (nSPS) is 12.9. The lowest BCUT2D eigenvalue weighted by Gasteiger charge is -2.19. The number of halogens is 3. The number of nitrogens with one attached hydrogen (secondary N) is 1. The summed E-state index contributed by atoms with van der Waals surface area (Å²) in [5.41, 5.74) is 1.64. The Kier molecular flexibility index (Phi) is 6.91. The topological polar surface area (TPSA) is 66.0 Å². The summed E-state index contributed by atoms with van der Waals surface area (Å²) in [5.74, 6) is 1.39. The summed E-state index contributed by atoms with van der Waals surface area (Å²) < 4.78 is 57.8. The third-order valence-corrected chi connectivity index (χ3v) is 4.36. The van der Waals surface area contributed by atoms with Gasteiger partial charge in [0, 0.05) is 13.0 Å². The molecule has 0 saturated carbocycles. The van der Waals surface area contributed by atoms with Crippen LogP contribution in [0.4, 0.5) is 13.2 Å². The Morgan fingerprint density at radius 2 is 1.77 bits per heavy atom. The molecule has 1 aliphatic heterocycles. The predicted molar refractivity (Wildman–Crippen MR) is 102 cm³/mol. The molecule has 0 spiro atoms. The molecule has 0 fully saturated rings. The van der Waals surface area contributed by atoms with Gasteiger partial charge in [-0.2, -0.15) is 13.2 Å². The average molecular weight is 425 g/mol. The van der Waals surface area contributed by atoms with Crippen molar-refractivity contribution < 1.29 is 36.9 Å². The summed E-state index contributed by atoms with van der Waals surface area (Å²) in [6.07, 6.45) is -3.81. The second-order valence-electron chi connectivity index (χ2n) is 6.64. The highest BCUT2D eigenvalue weighted by Crippen LogP contribution is 2.31. The number of carbonyl (C=O) groups is 1. The van der Waals surface area contributed by atoms with E-state index in [9.17, 15) is 18.0 Å². The smallest absolute Gasteiger partial charge is 0.422 e. The van der Waals surface area contributed by atoms with Crippen molar-refractivity contribution in [2.45, 2.75) is 25.6 Å². The Bertz CT molecular complexity index is 885. The van der Waals surface area contributed by atoms with Gasteiger partial charge in [-0.1, -0.05) is 12.1 Å². The van der Waals surface area contributed by atoms with E-state index in [0.29, 0.717) is 37.7 Å². The second-order valence-corrected chi connectivity index (χ2v) is 6.64. The predicted octanol–water partition coefficient (Wildman–Crippen LogP) is 3.66. The van der Waals surface area contributed by atoms with E-state index in [-0.39, 0.29) is 23.8 Å². The van der Waals surface area contributed by atoms with E-state index in [2.05, 4.69) is 5.32 Å². The minimum atomic E-state index is -4.43. The van der Waals surface area contributed by atoms with Gasteiger partial charge in [0.25, 0.3) is 0 Å². The Labute approximate surface area is 171 Å². The number of aryl methyl sites for hydroxylation is 1. The fraction of sp³-hybridized carbons (Fsp3) is 0.381. The van der Waals surface area contributed by atoms with Crippen molar-refractivity contribution >= 4 is 5.91 Å². The molecule has 1 heterocycles. The van der Waals surface area contributed by atoms with E-state index in [0.717, 1.165) is 11.1 Å². The van der Waals surface area contributed by atoms with E-state index in [1.807, 2.05) is 18.2 Å². The lowest BCUT2D eigenvalue weighted by molar-refractivity contribution is -0.153. The lowest BCUT2D eigenvalue weighted by atomic mass is 10.1. The maximum absolute atomic E-state index is 12.3. The van der Waals surface area contributed by atoms with E-state index < -0.39 is 12.8 Å². The van der Waals surface area contributed by atoms with Gasteiger partial charge in [0.05, 0.1) is 7.11 Å². The average Bonchev–Trinajstić information content (AvgIpc) is 2.74. The molecule has 9 heteroatoms. The number of rotatable bonds is 8. The highest BCUT2D eigenvalue weighted by Gasteiger charge is 2.29. The molecule has 2 aromatic carbocycles. The van der Waals surface area contributed by atoms with Crippen molar-refractivity contribution in [1.29, 1.82) is 0 Å². The standard InChI is InChI=1S/C21H22F3NO5/c1-27-18-10-14(2-5-16(18)30-13-21(22,23)24)4-7-20(26)25-12-15-3-6-17-19(11-15)29-9-8-28-17/h2-3,5-6,10-11H,4,7-9,12-13H2,1H3,(H,25,26). The first kappa shape index (κ1) is 21.6. The molecule has 0 saturated heterocycles. The van der Waals surface area contributed by atoms with Gasteiger partial charge in [0.2, 0.25) is 5.91 Å². The van der Waals surface area contributed by atoms with Gasteiger partial charge in [-0.3, -0.25) is 4.79 Å². The summed E-state index contributed by atoms with van der Waals surface area (Å²) in [6.45, 7) is -0.0381. The largest absolute Gasteiger partial charge is 0.493 e. The van der Waals surface area contributed by atoms with Gasteiger partial charge in [-0.05, 0) is 41.8 Å². The highest BCUT2D eigenvalue weighted by atomic mass is 19.4. The molecule has 1 N–H and O–H groups in total. The number of ether oxygens (including phenoxy) is 4. The molecule has 0 unspecified atom stereocenters. The van der Waals surface area contributed by atoms with E-state index in [4.69, 9.17) is 18.9 Å². The zero-order chi connectivity index (χ0) is 21.6. The van der Waals surface area contributed by atoms with Crippen LogP contribution in [0.25, 0.3) is 0 Å². The number of fused-ring (bicyclic) bond motifs is 1. The zero-order valence-corrected chi connectivity index (χ0v) is 16.4. The first-order chi connectivity index (χ1) is 14.3. The number of benzene rings is 2. The van der Waals surface area contributed by atoms with Crippen molar-refractivity contribution in [1.82, 2.24) is 5.32 Å². The quantitative estimate of drug-likeness (QED) is 0.699. The van der Waals surface area contributed by atoms with Crippen molar-refractivity contribution in [2.75, 3.05) is 26.9 Å². The number of carbonyl (C=O) groups excluding carboxylic acids is 1. The molecule has 0 bridgehead atoms. The van der Waals surface area contributed by atoms with Crippen molar-refractivity contribution in [3.8, 4) is 23.0 Å². The van der Waals surface area contributed by atoms with E-state index in [1.54, 1.807) is 12.1 Å². The van der Waals surface area contributed by atoms with Crippen LogP contribution in [0.2, 0.25) is 0 Å². The number of methoxy groups -OCH3 is 1. The van der Waals surface area contributed by atoms with Crippen molar-refractivity contribution in [3.05, 3.63) is 47.5 Å². The number of alkyl halides is 3. The molecule has 0 aliphatic carbocycles.